The van der Waals surface area contributed by atoms with E-state index in [2.05, 4.69) is 25.9 Å². The lowest BCUT2D eigenvalue weighted by atomic mass is 10.1. The van der Waals surface area contributed by atoms with Crippen molar-refractivity contribution in [3.63, 3.8) is 0 Å². The van der Waals surface area contributed by atoms with Crippen LogP contribution in [0.1, 0.15) is 16.1 Å². The Hall–Kier alpha value is -4.74. The largest absolute Gasteiger partial charge is 0.460 e. The number of rotatable bonds is 10. The van der Waals surface area contributed by atoms with Gasteiger partial charge in [-0.3, -0.25) is 4.79 Å². The van der Waals surface area contributed by atoms with Gasteiger partial charge in [-0.2, -0.15) is 0 Å². The fraction of sp³-hybridized carbons (Fsp3) is 0.138. The van der Waals surface area contributed by atoms with Crippen LogP contribution >= 0.6 is 0 Å². The molecule has 0 spiro atoms. The van der Waals surface area contributed by atoms with Gasteiger partial charge in [0.15, 0.2) is 0 Å². The first-order valence-electron chi connectivity index (χ1n) is 12.5. The van der Waals surface area contributed by atoms with Crippen LogP contribution in [0.25, 0.3) is 22.2 Å². The molecule has 0 aliphatic rings. The van der Waals surface area contributed by atoms with E-state index in [9.17, 15) is 13.2 Å². The van der Waals surface area contributed by atoms with E-state index in [0.717, 1.165) is 22.2 Å². The maximum atomic E-state index is 12.7. The summed E-state index contributed by atoms with van der Waals surface area (Å²) in [6, 6.07) is 23.6. The van der Waals surface area contributed by atoms with Crippen LogP contribution in [0, 0.1) is 0 Å². The number of nitrogen functional groups attached to an aromatic ring is 1. The summed E-state index contributed by atoms with van der Waals surface area (Å²) in [5.41, 5.74) is 9.83. The quantitative estimate of drug-likeness (QED) is 0.143. The second kappa shape index (κ2) is 11.6. The van der Waals surface area contributed by atoms with E-state index >= 15 is 0 Å². The summed E-state index contributed by atoms with van der Waals surface area (Å²) in [5.74, 6) is 1.79. The van der Waals surface area contributed by atoms with Gasteiger partial charge >= 0.3 is 0 Å². The lowest BCUT2D eigenvalue weighted by molar-refractivity contribution is 0.102. The molecule has 0 saturated carbocycles. The number of fused-ring (bicyclic) bond motifs is 1. The van der Waals surface area contributed by atoms with Gasteiger partial charge in [0.25, 0.3) is 5.91 Å². The van der Waals surface area contributed by atoms with Crippen molar-refractivity contribution in [1.82, 2.24) is 15.3 Å². The first kappa shape index (κ1) is 26.9. The number of para-hydroxylation sites is 2. The minimum absolute atomic E-state index is 0.0692. The molecule has 0 aliphatic carbocycles. The molecule has 40 heavy (non-hydrogen) atoms. The van der Waals surface area contributed by atoms with Crippen LogP contribution in [0.5, 0.6) is 0 Å². The summed E-state index contributed by atoms with van der Waals surface area (Å²) in [6.07, 6.45) is 2.70. The van der Waals surface area contributed by atoms with E-state index in [-0.39, 0.29) is 11.7 Å². The van der Waals surface area contributed by atoms with Crippen LogP contribution in [0.3, 0.4) is 0 Å². The van der Waals surface area contributed by atoms with Gasteiger partial charge in [0.2, 0.25) is 0 Å². The molecular formula is C29H28N6O4S. The summed E-state index contributed by atoms with van der Waals surface area (Å²) in [4.78, 5) is 21.5. The summed E-state index contributed by atoms with van der Waals surface area (Å²) in [7, 11) is -3.02. The topological polar surface area (TPSA) is 152 Å². The smallest absolute Gasteiger partial charge is 0.255 e. The number of hydrogen-bond acceptors (Lipinski definition) is 9. The van der Waals surface area contributed by atoms with E-state index in [1.165, 1.54) is 12.6 Å². The normalized spacial score (nSPS) is 11.4. The molecule has 5 rings (SSSR count). The zero-order valence-electron chi connectivity index (χ0n) is 21.7. The molecule has 1 amide bonds. The molecule has 11 heteroatoms. The van der Waals surface area contributed by atoms with Crippen LogP contribution in [-0.4, -0.2) is 42.8 Å². The average Bonchev–Trinajstić information content (AvgIpc) is 3.41. The van der Waals surface area contributed by atoms with Gasteiger partial charge < -0.3 is 26.1 Å². The molecule has 3 aromatic carbocycles. The number of carbonyl (C=O) groups excluding carboxylic acids is 1. The highest BCUT2D eigenvalue weighted by Gasteiger charge is 2.12. The van der Waals surface area contributed by atoms with Crippen molar-refractivity contribution in [1.29, 1.82) is 0 Å². The van der Waals surface area contributed by atoms with E-state index in [0.29, 0.717) is 47.4 Å². The Balaban J connectivity index is 1.29. The third-order valence-corrected chi connectivity index (χ3v) is 7.09. The molecule has 5 N–H and O–H groups in total. The second-order valence-electron chi connectivity index (χ2n) is 9.27. The summed E-state index contributed by atoms with van der Waals surface area (Å²) < 4.78 is 28.6. The van der Waals surface area contributed by atoms with Gasteiger partial charge in [-0.05, 0) is 66.7 Å². The maximum Gasteiger partial charge on any atom is 0.255 e. The van der Waals surface area contributed by atoms with Gasteiger partial charge in [0.1, 0.15) is 33.5 Å². The summed E-state index contributed by atoms with van der Waals surface area (Å²) >= 11 is 0. The predicted molar refractivity (Wildman–Crippen MR) is 157 cm³/mol. The van der Waals surface area contributed by atoms with Gasteiger partial charge in [0, 0.05) is 35.0 Å². The number of nitrogens with zero attached hydrogens (tertiary/aromatic N) is 2. The number of nitrogens with one attached hydrogen (secondary N) is 3. The summed E-state index contributed by atoms with van der Waals surface area (Å²) in [5, 5.41) is 10.0. The number of carbonyl (C=O) groups is 1. The molecule has 0 fully saturated rings. The van der Waals surface area contributed by atoms with Crippen LogP contribution in [0.15, 0.2) is 89.6 Å². The number of nitrogens with two attached hydrogens (primary N) is 1. The number of benzene rings is 3. The molecule has 0 unspecified atom stereocenters. The molecule has 2 aromatic heterocycles. The molecule has 0 saturated heterocycles. The number of furan rings is 1. The van der Waals surface area contributed by atoms with Crippen molar-refractivity contribution in [2.75, 3.05) is 34.9 Å². The number of sulfone groups is 1. The Morgan fingerprint density at radius 2 is 1.77 bits per heavy atom. The van der Waals surface area contributed by atoms with Gasteiger partial charge in [-0.1, -0.05) is 12.1 Å². The van der Waals surface area contributed by atoms with Crippen LogP contribution < -0.4 is 21.7 Å². The van der Waals surface area contributed by atoms with Crippen molar-refractivity contribution < 1.29 is 17.6 Å². The van der Waals surface area contributed by atoms with Gasteiger partial charge in [-0.15, -0.1) is 0 Å². The Morgan fingerprint density at radius 1 is 0.975 bits per heavy atom. The molecule has 0 radical (unpaired) electrons. The number of anilines is 4. The van der Waals surface area contributed by atoms with Crippen molar-refractivity contribution >= 4 is 49.5 Å². The van der Waals surface area contributed by atoms with Gasteiger partial charge in [-0.25, -0.2) is 18.4 Å². The molecule has 0 atom stereocenters. The molecule has 10 nitrogen and oxygen atoms in total. The van der Waals surface area contributed by atoms with Crippen LogP contribution in [-0.2, 0) is 16.4 Å². The van der Waals surface area contributed by atoms with Gasteiger partial charge in [0.05, 0.1) is 29.2 Å². The average molecular weight is 557 g/mol. The Labute approximate surface area is 231 Å². The third-order valence-electron chi connectivity index (χ3n) is 6.15. The molecule has 0 bridgehead atoms. The number of hydrogen-bond donors (Lipinski definition) is 4. The Morgan fingerprint density at radius 3 is 2.55 bits per heavy atom. The fourth-order valence-electron chi connectivity index (χ4n) is 4.05. The zero-order valence-corrected chi connectivity index (χ0v) is 22.5. The summed E-state index contributed by atoms with van der Waals surface area (Å²) in [6.45, 7) is 0.774. The van der Waals surface area contributed by atoms with Crippen molar-refractivity contribution in [3.05, 3.63) is 96.5 Å². The predicted octanol–water partition coefficient (Wildman–Crippen LogP) is 4.60. The molecule has 5 aromatic rings. The third kappa shape index (κ3) is 6.63. The highest BCUT2D eigenvalue weighted by Crippen LogP contribution is 2.30. The molecular weight excluding hydrogens is 528 g/mol. The second-order valence-corrected chi connectivity index (χ2v) is 11.5. The minimum Gasteiger partial charge on any atom is -0.460 e. The molecule has 2 heterocycles. The number of aromatic nitrogens is 2. The zero-order chi connectivity index (χ0) is 28.1. The van der Waals surface area contributed by atoms with Crippen molar-refractivity contribution in [3.8, 4) is 11.3 Å². The highest BCUT2D eigenvalue weighted by molar-refractivity contribution is 7.90. The molecule has 0 aliphatic heterocycles. The first-order valence-corrected chi connectivity index (χ1v) is 14.6. The lowest BCUT2D eigenvalue weighted by Gasteiger charge is -2.11. The van der Waals surface area contributed by atoms with E-state index in [4.69, 9.17) is 10.2 Å². The van der Waals surface area contributed by atoms with E-state index in [1.54, 1.807) is 36.4 Å². The van der Waals surface area contributed by atoms with E-state index in [1.807, 2.05) is 42.5 Å². The Bertz CT molecular complexity index is 1770. The maximum absolute atomic E-state index is 12.7. The highest BCUT2D eigenvalue weighted by atomic mass is 32.2. The fourth-order valence-corrected chi connectivity index (χ4v) is 4.57. The monoisotopic (exact) mass is 556 g/mol. The van der Waals surface area contributed by atoms with Crippen molar-refractivity contribution in [2.24, 2.45) is 0 Å². The van der Waals surface area contributed by atoms with Crippen LogP contribution in [0.2, 0.25) is 0 Å². The lowest BCUT2D eigenvalue weighted by Crippen LogP contribution is -2.21. The number of amides is 1. The van der Waals surface area contributed by atoms with Crippen molar-refractivity contribution in [2.45, 2.75) is 6.54 Å². The SMILES string of the molecule is CS(=O)(=O)CCNCc1ccc(-c2ccc3ncnc(Nc4ccc(C(=O)Nc5ccccc5N)cc4)c3c2)o1. The minimum atomic E-state index is -3.02. The standard InChI is InChI=1S/C29H28N6O4S/c1-40(37,38)15-14-31-17-22-11-13-27(39-22)20-8-12-25-23(16-20)28(33-18-32-25)34-21-9-6-19(7-10-21)29(36)35-26-5-3-2-4-24(26)30/h2-13,16,18,31H,14-15,17,30H2,1H3,(H,35,36)(H,32,33,34). The van der Waals surface area contributed by atoms with Crippen LogP contribution in [0.4, 0.5) is 22.9 Å². The molecule has 204 valence electrons. The van der Waals surface area contributed by atoms with E-state index < -0.39 is 9.84 Å². The Kier molecular flexibility index (Phi) is 7.76. The first-order chi connectivity index (χ1) is 19.2.